The minimum Gasteiger partial charge on any atom is -0.494 e. The number of nitrogens with zero attached hydrogens (tertiary/aromatic N) is 2. The molecule has 0 saturated heterocycles. The Kier molecular flexibility index (Phi) is 3.50. The van der Waals surface area contributed by atoms with Gasteiger partial charge >= 0.3 is 12.0 Å². The lowest BCUT2D eigenvalue weighted by atomic mass is 10.1. The second-order valence-corrected chi connectivity index (χ2v) is 4.96. The first kappa shape index (κ1) is 14.4. The molecular weight excluding hydrogens is 288 g/mol. The SMILES string of the molecule is CCOc1ccc2c(c1)cc1n2C(=O)N(OC)C1CC(=O)O. The normalized spacial score (nSPS) is 17.1. The Hall–Kier alpha value is -2.54. The van der Waals surface area contributed by atoms with Gasteiger partial charge in [-0.25, -0.2) is 4.79 Å². The van der Waals surface area contributed by atoms with E-state index in [1.54, 1.807) is 12.1 Å². The van der Waals surface area contributed by atoms with Crippen molar-refractivity contribution in [2.75, 3.05) is 13.7 Å². The standard InChI is InChI=1S/C15H16N2O5/c1-3-22-10-4-5-11-9(6-10)7-12-13(8-14(18)19)17(21-2)15(20)16(11)12/h4-7,13H,3,8H2,1-2H3,(H,18,19). The van der Waals surface area contributed by atoms with Crippen LogP contribution in [0.1, 0.15) is 25.1 Å². The number of hydrogen-bond acceptors (Lipinski definition) is 4. The highest BCUT2D eigenvalue weighted by Gasteiger charge is 2.40. The quantitative estimate of drug-likeness (QED) is 0.917. The first-order valence-corrected chi connectivity index (χ1v) is 6.94. The van der Waals surface area contributed by atoms with Crippen molar-refractivity contribution in [1.82, 2.24) is 9.63 Å². The van der Waals surface area contributed by atoms with E-state index in [-0.39, 0.29) is 12.5 Å². The lowest BCUT2D eigenvalue weighted by molar-refractivity contribution is -0.146. The van der Waals surface area contributed by atoms with Gasteiger partial charge in [-0.3, -0.25) is 14.2 Å². The van der Waals surface area contributed by atoms with Gasteiger partial charge < -0.3 is 9.84 Å². The van der Waals surface area contributed by atoms with E-state index in [4.69, 9.17) is 14.7 Å². The summed E-state index contributed by atoms with van der Waals surface area (Å²) in [5.41, 5.74) is 1.32. The van der Waals surface area contributed by atoms with Crippen LogP contribution in [0.3, 0.4) is 0 Å². The van der Waals surface area contributed by atoms with Crippen molar-refractivity contribution in [3.05, 3.63) is 30.0 Å². The number of carboxylic acids is 1. The monoisotopic (exact) mass is 304 g/mol. The van der Waals surface area contributed by atoms with Gasteiger partial charge in [0.1, 0.15) is 11.8 Å². The predicted octanol–water partition coefficient (Wildman–Crippen LogP) is 2.40. The molecule has 22 heavy (non-hydrogen) atoms. The highest BCUT2D eigenvalue weighted by atomic mass is 16.7. The molecule has 7 nitrogen and oxygen atoms in total. The molecule has 0 fully saturated rings. The van der Waals surface area contributed by atoms with Gasteiger partial charge in [0.25, 0.3) is 0 Å². The van der Waals surface area contributed by atoms with E-state index in [0.29, 0.717) is 23.6 Å². The van der Waals surface area contributed by atoms with Gasteiger partial charge in [0.05, 0.1) is 31.3 Å². The number of hydroxylamine groups is 2. The van der Waals surface area contributed by atoms with Crippen LogP contribution in [0.25, 0.3) is 10.9 Å². The van der Waals surface area contributed by atoms with Crippen molar-refractivity contribution in [2.24, 2.45) is 0 Å². The number of benzene rings is 1. The summed E-state index contributed by atoms with van der Waals surface area (Å²) in [5, 5.41) is 11.0. The number of amides is 1. The molecule has 1 aliphatic rings. The maximum absolute atomic E-state index is 12.4. The summed E-state index contributed by atoms with van der Waals surface area (Å²) in [6.07, 6.45) is -0.214. The van der Waals surface area contributed by atoms with E-state index >= 15 is 0 Å². The molecule has 2 aromatic rings. The summed E-state index contributed by atoms with van der Waals surface area (Å²) < 4.78 is 6.94. The van der Waals surface area contributed by atoms with Crippen molar-refractivity contribution < 1.29 is 24.3 Å². The molecule has 0 aliphatic carbocycles. The molecule has 2 heterocycles. The van der Waals surface area contributed by atoms with Crippen molar-refractivity contribution in [3.63, 3.8) is 0 Å². The van der Waals surface area contributed by atoms with Gasteiger partial charge in [0.15, 0.2) is 0 Å². The van der Waals surface area contributed by atoms with Gasteiger partial charge in [-0.05, 0) is 31.2 Å². The summed E-state index contributed by atoms with van der Waals surface area (Å²) in [6.45, 7) is 2.45. The molecule has 1 aliphatic heterocycles. The molecule has 1 unspecified atom stereocenters. The molecule has 1 aromatic carbocycles. The van der Waals surface area contributed by atoms with Crippen molar-refractivity contribution >= 4 is 22.9 Å². The highest BCUT2D eigenvalue weighted by molar-refractivity contribution is 5.96. The Balaban J connectivity index is 2.11. The number of carboxylic acid groups (broad SMARTS) is 1. The van der Waals surface area contributed by atoms with Crippen LogP contribution >= 0.6 is 0 Å². The number of fused-ring (bicyclic) bond motifs is 3. The first-order valence-electron chi connectivity index (χ1n) is 6.94. The third-order valence-electron chi connectivity index (χ3n) is 3.68. The van der Waals surface area contributed by atoms with Crippen molar-refractivity contribution in [1.29, 1.82) is 0 Å². The third-order valence-corrected chi connectivity index (χ3v) is 3.68. The average molecular weight is 304 g/mol. The summed E-state index contributed by atoms with van der Waals surface area (Å²) in [7, 11) is 1.36. The van der Waals surface area contributed by atoms with Crippen LogP contribution in [-0.2, 0) is 9.63 Å². The van der Waals surface area contributed by atoms with Crippen LogP contribution in [0.4, 0.5) is 4.79 Å². The zero-order valence-corrected chi connectivity index (χ0v) is 12.3. The molecule has 0 spiro atoms. The fourth-order valence-corrected chi connectivity index (χ4v) is 2.84. The van der Waals surface area contributed by atoms with Crippen LogP contribution in [0.2, 0.25) is 0 Å². The number of ether oxygens (including phenoxy) is 1. The molecule has 0 bridgehead atoms. The lowest BCUT2D eigenvalue weighted by Gasteiger charge is -2.19. The highest BCUT2D eigenvalue weighted by Crippen LogP contribution is 2.37. The molecular formula is C15H16N2O5. The van der Waals surface area contributed by atoms with E-state index < -0.39 is 12.0 Å². The Labute approximate surface area is 126 Å². The summed E-state index contributed by atoms with van der Waals surface area (Å²) in [5.74, 6) is -0.279. The van der Waals surface area contributed by atoms with Crippen LogP contribution in [0, 0.1) is 0 Å². The largest absolute Gasteiger partial charge is 0.494 e. The second kappa shape index (κ2) is 5.34. The first-order chi connectivity index (χ1) is 10.6. The minimum absolute atomic E-state index is 0.214. The van der Waals surface area contributed by atoms with Gasteiger partial charge in [0, 0.05) is 5.39 Å². The van der Waals surface area contributed by atoms with Gasteiger partial charge in [-0.1, -0.05) is 0 Å². The van der Waals surface area contributed by atoms with Crippen LogP contribution < -0.4 is 4.74 Å². The van der Waals surface area contributed by atoms with Gasteiger partial charge in [0.2, 0.25) is 0 Å². The third kappa shape index (κ3) is 2.10. The Morgan fingerprint density at radius 3 is 2.77 bits per heavy atom. The number of hydrogen-bond donors (Lipinski definition) is 1. The minimum atomic E-state index is -0.992. The molecule has 1 N–H and O–H groups in total. The summed E-state index contributed by atoms with van der Waals surface area (Å²) in [4.78, 5) is 28.6. The lowest BCUT2D eigenvalue weighted by Crippen LogP contribution is -2.29. The molecule has 116 valence electrons. The van der Waals surface area contributed by atoms with E-state index in [9.17, 15) is 9.59 Å². The maximum Gasteiger partial charge on any atom is 0.353 e. The van der Waals surface area contributed by atoms with Crippen LogP contribution in [0.15, 0.2) is 24.3 Å². The smallest absolute Gasteiger partial charge is 0.353 e. The van der Waals surface area contributed by atoms with Gasteiger partial charge in [-0.2, -0.15) is 5.06 Å². The number of aliphatic carboxylic acids is 1. The van der Waals surface area contributed by atoms with Crippen molar-refractivity contribution in [2.45, 2.75) is 19.4 Å². The topological polar surface area (TPSA) is 81.0 Å². The molecule has 0 radical (unpaired) electrons. The summed E-state index contributed by atoms with van der Waals surface area (Å²) >= 11 is 0. The van der Waals surface area contributed by atoms with E-state index in [0.717, 1.165) is 10.4 Å². The van der Waals surface area contributed by atoms with Gasteiger partial charge in [-0.15, -0.1) is 0 Å². The van der Waals surface area contributed by atoms with E-state index in [2.05, 4.69) is 0 Å². The Bertz CT molecular complexity index is 752. The Morgan fingerprint density at radius 1 is 1.36 bits per heavy atom. The molecule has 1 atom stereocenters. The van der Waals surface area contributed by atoms with E-state index in [1.807, 2.05) is 19.1 Å². The molecule has 1 aromatic heterocycles. The predicted molar refractivity (Wildman–Crippen MR) is 77.7 cm³/mol. The van der Waals surface area contributed by atoms with E-state index in [1.165, 1.54) is 11.7 Å². The van der Waals surface area contributed by atoms with Crippen molar-refractivity contribution in [3.8, 4) is 5.75 Å². The zero-order chi connectivity index (χ0) is 15.9. The number of carbonyl (C=O) groups is 2. The number of aromatic nitrogens is 1. The summed E-state index contributed by atoms with van der Waals surface area (Å²) in [6, 6.07) is 6.20. The number of carbonyl (C=O) groups excluding carboxylic acids is 1. The fourth-order valence-electron chi connectivity index (χ4n) is 2.84. The molecule has 1 amide bonds. The Morgan fingerprint density at radius 2 is 2.14 bits per heavy atom. The van der Waals surface area contributed by atoms with Crippen LogP contribution in [0.5, 0.6) is 5.75 Å². The van der Waals surface area contributed by atoms with Crippen LogP contribution in [-0.4, -0.2) is 40.5 Å². The number of rotatable bonds is 5. The fraction of sp³-hybridized carbons (Fsp3) is 0.333. The molecule has 7 heteroatoms. The second-order valence-electron chi connectivity index (χ2n) is 4.96. The zero-order valence-electron chi connectivity index (χ0n) is 12.3. The average Bonchev–Trinajstić information content (AvgIpc) is 2.95. The molecule has 0 saturated carbocycles. The molecule has 3 rings (SSSR count). The maximum atomic E-state index is 12.4.